The number of hydrogen-bond donors (Lipinski definition) is 1. The normalized spacial score (nSPS) is 10.6. The number of nitrogens with zero attached hydrogens (tertiary/aromatic N) is 3. The number of benzene rings is 1. The quantitative estimate of drug-likeness (QED) is 0.802. The van der Waals surface area contributed by atoms with Crippen molar-refractivity contribution in [1.29, 1.82) is 0 Å². The third-order valence-corrected chi connectivity index (χ3v) is 2.48. The lowest BCUT2D eigenvalue weighted by Crippen LogP contribution is -2.01. The topological polar surface area (TPSA) is 50.9 Å². The van der Waals surface area contributed by atoms with Crippen LogP contribution in [-0.2, 0) is 6.61 Å². The van der Waals surface area contributed by atoms with Gasteiger partial charge >= 0.3 is 0 Å². The number of aliphatic hydroxyl groups is 1. The summed E-state index contributed by atoms with van der Waals surface area (Å²) in [4.78, 5) is 0. The maximum atomic E-state index is 9.03. The van der Waals surface area contributed by atoms with Crippen LogP contribution < -0.4 is 0 Å². The predicted octanol–water partition coefficient (Wildman–Crippen LogP) is 1.38. The predicted molar refractivity (Wildman–Crippen MR) is 56.8 cm³/mol. The van der Waals surface area contributed by atoms with E-state index in [0.29, 0.717) is 5.69 Å². The van der Waals surface area contributed by atoms with E-state index < -0.39 is 0 Å². The molecule has 4 heteroatoms. The number of aryl methyl sites for hydroxylation is 1. The number of aliphatic hydroxyl groups excluding tert-OH is 1. The van der Waals surface area contributed by atoms with Crippen molar-refractivity contribution in [2.24, 2.45) is 0 Å². The van der Waals surface area contributed by atoms with Crippen LogP contribution >= 0.6 is 0 Å². The molecule has 1 aromatic heterocycles. The zero-order valence-electron chi connectivity index (χ0n) is 8.81. The van der Waals surface area contributed by atoms with Gasteiger partial charge in [-0.1, -0.05) is 23.4 Å². The Morgan fingerprint density at radius 1 is 1.27 bits per heavy atom. The summed E-state index contributed by atoms with van der Waals surface area (Å²) in [5.41, 5.74) is 3.64. The van der Waals surface area contributed by atoms with Crippen molar-refractivity contribution < 1.29 is 5.11 Å². The summed E-state index contributed by atoms with van der Waals surface area (Å²) in [5, 5.41) is 17.0. The van der Waals surface area contributed by atoms with Crippen molar-refractivity contribution in [2.45, 2.75) is 20.5 Å². The van der Waals surface area contributed by atoms with Crippen molar-refractivity contribution in [3.63, 3.8) is 0 Å². The fraction of sp³-hybridized carbons (Fsp3) is 0.273. The van der Waals surface area contributed by atoms with Gasteiger partial charge in [0.05, 0.1) is 18.0 Å². The van der Waals surface area contributed by atoms with E-state index >= 15 is 0 Å². The summed E-state index contributed by atoms with van der Waals surface area (Å²) in [5.74, 6) is 0. The van der Waals surface area contributed by atoms with Crippen LogP contribution in [-0.4, -0.2) is 20.1 Å². The molecule has 1 aromatic carbocycles. The minimum atomic E-state index is -0.0717. The van der Waals surface area contributed by atoms with Gasteiger partial charge in [-0.25, -0.2) is 4.68 Å². The second-order valence-corrected chi connectivity index (χ2v) is 3.48. The summed E-state index contributed by atoms with van der Waals surface area (Å²) in [6.45, 7) is 3.85. The maximum absolute atomic E-state index is 9.03. The fourth-order valence-electron chi connectivity index (χ4n) is 1.54. The first-order valence-corrected chi connectivity index (χ1v) is 4.82. The second-order valence-electron chi connectivity index (χ2n) is 3.48. The molecule has 78 valence electrons. The van der Waals surface area contributed by atoms with E-state index in [1.165, 1.54) is 0 Å². The van der Waals surface area contributed by atoms with Crippen LogP contribution in [0.3, 0.4) is 0 Å². The van der Waals surface area contributed by atoms with Gasteiger partial charge in [0.15, 0.2) is 0 Å². The first-order valence-electron chi connectivity index (χ1n) is 4.82. The van der Waals surface area contributed by atoms with Crippen LogP contribution in [0.25, 0.3) is 5.69 Å². The Balaban J connectivity index is 2.55. The molecule has 0 saturated heterocycles. The minimum absolute atomic E-state index is 0.0717. The van der Waals surface area contributed by atoms with Crippen LogP contribution in [0.1, 0.15) is 17.0 Å². The number of rotatable bonds is 2. The van der Waals surface area contributed by atoms with Gasteiger partial charge in [0, 0.05) is 0 Å². The molecule has 2 rings (SSSR count). The fourth-order valence-corrected chi connectivity index (χ4v) is 1.54. The van der Waals surface area contributed by atoms with E-state index in [2.05, 4.69) is 10.3 Å². The molecule has 0 aliphatic rings. The average Bonchev–Trinajstić information content (AvgIpc) is 2.60. The van der Waals surface area contributed by atoms with Gasteiger partial charge in [-0.05, 0) is 25.5 Å². The van der Waals surface area contributed by atoms with Gasteiger partial charge in [0.1, 0.15) is 5.69 Å². The second kappa shape index (κ2) is 3.82. The molecule has 0 saturated carbocycles. The van der Waals surface area contributed by atoms with Crippen molar-refractivity contribution in [1.82, 2.24) is 15.0 Å². The van der Waals surface area contributed by atoms with E-state index in [-0.39, 0.29) is 6.61 Å². The average molecular weight is 203 g/mol. The summed E-state index contributed by atoms with van der Waals surface area (Å²) >= 11 is 0. The third-order valence-electron chi connectivity index (χ3n) is 2.48. The highest BCUT2D eigenvalue weighted by Crippen LogP contribution is 2.15. The molecule has 0 radical (unpaired) electrons. The molecular weight excluding hydrogens is 190 g/mol. The molecule has 0 atom stereocenters. The van der Waals surface area contributed by atoms with Gasteiger partial charge in [-0.15, -0.1) is 5.10 Å². The minimum Gasteiger partial charge on any atom is -0.390 e. The molecule has 0 amide bonds. The number of aromatic nitrogens is 3. The molecule has 1 N–H and O–H groups in total. The number of para-hydroxylation sites is 1. The van der Waals surface area contributed by atoms with Crippen molar-refractivity contribution in [3.8, 4) is 5.69 Å². The Bertz CT molecular complexity index is 476. The van der Waals surface area contributed by atoms with Gasteiger partial charge in [-0.3, -0.25) is 0 Å². The van der Waals surface area contributed by atoms with Crippen LogP contribution in [0.15, 0.2) is 24.3 Å². The highest BCUT2D eigenvalue weighted by atomic mass is 16.3. The van der Waals surface area contributed by atoms with Gasteiger partial charge < -0.3 is 5.11 Å². The molecule has 15 heavy (non-hydrogen) atoms. The van der Waals surface area contributed by atoms with Crippen LogP contribution in [0, 0.1) is 13.8 Å². The first kappa shape index (κ1) is 9.86. The lowest BCUT2D eigenvalue weighted by Gasteiger charge is -2.06. The highest BCUT2D eigenvalue weighted by molar-refractivity contribution is 5.40. The monoisotopic (exact) mass is 203 g/mol. The summed E-state index contributed by atoms with van der Waals surface area (Å²) in [6.07, 6.45) is 0. The van der Waals surface area contributed by atoms with Gasteiger partial charge in [-0.2, -0.15) is 0 Å². The van der Waals surface area contributed by atoms with Crippen molar-refractivity contribution in [3.05, 3.63) is 41.2 Å². The molecular formula is C11H13N3O. The summed E-state index contributed by atoms with van der Waals surface area (Å²) in [6, 6.07) is 7.95. The Morgan fingerprint density at radius 3 is 2.60 bits per heavy atom. The smallest absolute Gasteiger partial charge is 0.111 e. The Morgan fingerprint density at radius 2 is 2.00 bits per heavy atom. The lowest BCUT2D eigenvalue weighted by atomic mass is 10.2. The van der Waals surface area contributed by atoms with Crippen LogP contribution in [0.2, 0.25) is 0 Å². The largest absolute Gasteiger partial charge is 0.390 e. The lowest BCUT2D eigenvalue weighted by molar-refractivity contribution is 0.276. The van der Waals surface area contributed by atoms with Crippen molar-refractivity contribution in [2.75, 3.05) is 0 Å². The Labute approximate surface area is 88.2 Å². The first-order chi connectivity index (χ1) is 7.24. The van der Waals surface area contributed by atoms with E-state index in [0.717, 1.165) is 16.9 Å². The van der Waals surface area contributed by atoms with Gasteiger partial charge in [0.25, 0.3) is 0 Å². The van der Waals surface area contributed by atoms with Crippen LogP contribution in [0.4, 0.5) is 0 Å². The van der Waals surface area contributed by atoms with Gasteiger partial charge in [0.2, 0.25) is 0 Å². The molecule has 4 nitrogen and oxygen atoms in total. The van der Waals surface area contributed by atoms with E-state index in [4.69, 9.17) is 5.11 Å². The zero-order valence-corrected chi connectivity index (χ0v) is 8.81. The molecule has 0 unspecified atom stereocenters. The van der Waals surface area contributed by atoms with E-state index in [9.17, 15) is 0 Å². The molecule has 0 spiro atoms. The van der Waals surface area contributed by atoms with E-state index in [1.54, 1.807) is 4.68 Å². The molecule has 0 bridgehead atoms. The van der Waals surface area contributed by atoms with Crippen molar-refractivity contribution >= 4 is 0 Å². The van der Waals surface area contributed by atoms with Crippen LogP contribution in [0.5, 0.6) is 0 Å². The Hall–Kier alpha value is -1.68. The molecule has 0 aliphatic heterocycles. The highest BCUT2D eigenvalue weighted by Gasteiger charge is 2.09. The maximum Gasteiger partial charge on any atom is 0.111 e. The Kier molecular flexibility index (Phi) is 2.51. The molecule has 0 aliphatic carbocycles. The molecule has 2 aromatic rings. The number of hydrogen-bond acceptors (Lipinski definition) is 3. The van der Waals surface area contributed by atoms with E-state index in [1.807, 2.05) is 38.1 Å². The molecule has 0 fully saturated rings. The molecule has 1 heterocycles. The summed E-state index contributed by atoms with van der Waals surface area (Å²) < 4.78 is 1.75. The SMILES string of the molecule is Cc1ccccc1-n1nnc(CO)c1C. The standard InChI is InChI=1S/C11H13N3O/c1-8-5-3-4-6-11(8)14-9(2)10(7-15)12-13-14/h3-6,15H,7H2,1-2H3. The third kappa shape index (κ3) is 1.64. The zero-order chi connectivity index (χ0) is 10.8. The summed E-state index contributed by atoms with van der Waals surface area (Å²) in [7, 11) is 0.